The first-order valence-corrected chi connectivity index (χ1v) is 8.86. The van der Waals surface area contributed by atoms with Gasteiger partial charge >= 0.3 is 0 Å². The number of hydrogen-bond donors (Lipinski definition) is 1. The number of benzene rings is 1. The molecule has 8 heteroatoms. The van der Waals surface area contributed by atoms with Crippen molar-refractivity contribution in [3.05, 3.63) is 59.9 Å². The first-order chi connectivity index (χ1) is 12.7. The van der Waals surface area contributed by atoms with Gasteiger partial charge in [-0.15, -0.1) is 24.8 Å². The molecule has 0 bridgehead atoms. The summed E-state index contributed by atoms with van der Waals surface area (Å²) < 4.78 is 10.9. The van der Waals surface area contributed by atoms with E-state index in [4.69, 9.17) is 9.47 Å². The second kappa shape index (κ2) is 12.6. The highest BCUT2D eigenvalue weighted by molar-refractivity contribution is 5.85. The number of nitrogens with zero attached hydrogens (tertiary/aromatic N) is 2. The molecule has 1 aliphatic heterocycles. The monoisotopic (exact) mass is 427 g/mol. The van der Waals surface area contributed by atoms with E-state index < -0.39 is 0 Å². The van der Waals surface area contributed by atoms with Crippen LogP contribution < -0.4 is 10.1 Å². The number of halogens is 2. The van der Waals surface area contributed by atoms with E-state index in [1.165, 1.54) is 0 Å². The summed E-state index contributed by atoms with van der Waals surface area (Å²) in [6, 6.07) is 11.7. The molecule has 154 valence electrons. The van der Waals surface area contributed by atoms with Crippen LogP contribution in [0.1, 0.15) is 17.5 Å². The van der Waals surface area contributed by atoms with Crippen LogP contribution >= 0.6 is 24.8 Å². The zero-order valence-corrected chi connectivity index (χ0v) is 17.5. The third-order valence-corrected chi connectivity index (χ3v) is 4.41. The van der Waals surface area contributed by atoms with Crippen LogP contribution in [0.25, 0.3) is 0 Å². The lowest BCUT2D eigenvalue weighted by atomic mass is 10.1. The van der Waals surface area contributed by atoms with Gasteiger partial charge < -0.3 is 19.7 Å². The minimum Gasteiger partial charge on any atom is -0.497 e. The Labute approximate surface area is 178 Å². The van der Waals surface area contributed by atoms with Crippen molar-refractivity contribution in [1.82, 2.24) is 15.2 Å². The van der Waals surface area contributed by atoms with Gasteiger partial charge in [-0.3, -0.25) is 9.78 Å². The van der Waals surface area contributed by atoms with Crippen LogP contribution in [-0.4, -0.2) is 48.7 Å². The molecule has 1 aliphatic rings. The standard InChI is InChI=1S/C20H25N3O3.2ClH/c1-25-18-4-2-16(3-5-18)14-23(15-17-6-8-21-9-7-17)20(24)12-19-13-22-10-11-26-19;;/h2-9,19,22H,10-15H2,1H3;2*1H. The lowest BCUT2D eigenvalue weighted by Gasteiger charge is -2.28. The molecule has 1 fully saturated rings. The summed E-state index contributed by atoms with van der Waals surface area (Å²) in [4.78, 5) is 18.8. The van der Waals surface area contributed by atoms with Crippen LogP contribution in [0, 0.1) is 0 Å². The Morgan fingerprint density at radius 1 is 1.14 bits per heavy atom. The quantitative estimate of drug-likeness (QED) is 0.735. The minimum atomic E-state index is -0.0629. The molecule has 1 saturated heterocycles. The van der Waals surface area contributed by atoms with Gasteiger partial charge in [0, 0.05) is 38.6 Å². The van der Waals surface area contributed by atoms with E-state index in [-0.39, 0.29) is 36.8 Å². The van der Waals surface area contributed by atoms with Crippen molar-refractivity contribution < 1.29 is 14.3 Å². The summed E-state index contributed by atoms with van der Waals surface area (Å²) in [6.45, 7) is 3.31. The van der Waals surface area contributed by atoms with E-state index in [0.29, 0.717) is 26.1 Å². The van der Waals surface area contributed by atoms with Gasteiger partial charge in [-0.25, -0.2) is 0 Å². The molecule has 1 N–H and O–H groups in total. The highest BCUT2D eigenvalue weighted by atomic mass is 35.5. The van der Waals surface area contributed by atoms with Crippen LogP contribution in [0.3, 0.4) is 0 Å². The molecule has 0 radical (unpaired) electrons. The first kappa shape index (κ1) is 24.2. The molecule has 1 aromatic carbocycles. The molecule has 2 heterocycles. The van der Waals surface area contributed by atoms with Crippen molar-refractivity contribution in [2.45, 2.75) is 25.6 Å². The molecule has 1 atom stereocenters. The van der Waals surface area contributed by atoms with Crippen molar-refractivity contribution in [3.63, 3.8) is 0 Å². The molecule has 6 nitrogen and oxygen atoms in total. The zero-order chi connectivity index (χ0) is 18.2. The molecule has 1 unspecified atom stereocenters. The first-order valence-electron chi connectivity index (χ1n) is 8.86. The summed E-state index contributed by atoms with van der Waals surface area (Å²) in [5.74, 6) is 0.897. The summed E-state index contributed by atoms with van der Waals surface area (Å²) in [5, 5.41) is 3.27. The fraction of sp³-hybridized carbons (Fsp3) is 0.400. The van der Waals surface area contributed by atoms with Gasteiger partial charge in [0.2, 0.25) is 5.91 Å². The maximum Gasteiger partial charge on any atom is 0.225 e. The molecule has 0 spiro atoms. The fourth-order valence-corrected chi connectivity index (χ4v) is 2.97. The maximum absolute atomic E-state index is 12.9. The summed E-state index contributed by atoms with van der Waals surface area (Å²) in [5.41, 5.74) is 2.13. The molecule has 3 rings (SSSR count). The highest BCUT2D eigenvalue weighted by Gasteiger charge is 2.22. The number of carbonyl (C=O) groups is 1. The van der Waals surface area contributed by atoms with Crippen LogP contribution in [0.5, 0.6) is 5.75 Å². The van der Waals surface area contributed by atoms with Gasteiger partial charge in [0.15, 0.2) is 0 Å². The Bertz CT molecular complexity index is 696. The number of pyridine rings is 1. The third-order valence-electron chi connectivity index (χ3n) is 4.41. The van der Waals surface area contributed by atoms with Gasteiger partial charge in [-0.1, -0.05) is 12.1 Å². The smallest absolute Gasteiger partial charge is 0.225 e. The number of carbonyl (C=O) groups excluding carboxylic acids is 1. The number of rotatable bonds is 7. The Morgan fingerprint density at radius 2 is 1.79 bits per heavy atom. The molecule has 2 aromatic rings. The summed E-state index contributed by atoms with van der Waals surface area (Å²) in [7, 11) is 1.65. The average molecular weight is 428 g/mol. The number of methoxy groups -OCH3 is 1. The molecule has 0 aliphatic carbocycles. The van der Waals surface area contributed by atoms with Crippen LogP contribution in [0.2, 0.25) is 0 Å². The predicted octanol–water partition coefficient (Wildman–Crippen LogP) is 2.84. The lowest BCUT2D eigenvalue weighted by molar-refractivity contribution is -0.136. The third kappa shape index (κ3) is 7.28. The molecule has 1 aromatic heterocycles. The fourth-order valence-electron chi connectivity index (χ4n) is 2.97. The molecule has 0 saturated carbocycles. The SMILES string of the molecule is COc1ccc(CN(Cc2ccncc2)C(=O)CC2CNCCO2)cc1.Cl.Cl. The largest absolute Gasteiger partial charge is 0.497 e. The van der Waals surface area contributed by atoms with Crippen molar-refractivity contribution >= 4 is 30.7 Å². The van der Waals surface area contributed by atoms with Crippen LogP contribution in [-0.2, 0) is 22.6 Å². The van der Waals surface area contributed by atoms with Crippen molar-refractivity contribution in [2.75, 3.05) is 26.8 Å². The highest BCUT2D eigenvalue weighted by Crippen LogP contribution is 2.16. The molecule has 28 heavy (non-hydrogen) atoms. The maximum atomic E-state index is 12.9. The number of hydrogen-bond acceptors (Lipinski definition) is 5. The summed E-state index contributed by atoms with van der Waals surface area (Å²) in [6.07, 6.45) is 3.82. The topological polar surface area (TPSA) is 63.7 Å². The van der Waals surface area contributed by atoms with E-state index >= 15 is 0 Å². The van der Waals surface area contributed by atoms with Gasteiger partial charge in [-0.05, 0) is 35.4 Å². The zero-order valence-electron chi connectivity index (χ0n) is 15.9. The predicted molar refractivity (Wildman–Crippen MR) is 113 cm³/mol. The second-order valence-corrected chi connectivity index (χ2v) is 6.35. The van der Waals surface area contributed by atoms with E-state index in [2.05, 4.69) is 10.3 Å². The number of amides is 1. The van der Waals surface area contributed by atoms with Crippen LogP contribution in [0.4, 0.5) is 0 Å². The number of nitrogens with one attached hydrogen (secondary N) is 1. The van der Waals surface area contributed by atoms with Gasteiger partial charge in [-0.2, -0.15) is 0 Å². The lowest BCUT2D eigenvalue weighted by Crippen LogP contribution is -2.42. The Balaban J connectivity index is 0.00000196. The van der Waals surface area contributed by atoms with Crippen LogP contribution in [0.15, 0.2) is 48.8 Å². The second-order valence-electron chi connectivity index (χ2n) is 6.35. The van der Waals surface area contributed by atoms with E-state index in [0.717, 1.165) is 30.0 Å². The Morgan fingerprint density at radius 3 is 2.36 bits per heavy atom. The van der Waals surface area contributed by atoms with Crippen molar-refractivity contribution in [1.29, 1.82) is 0 Å². The number of morpholine rings is 1. The number of ether oxygens (including phenoxy) is 2. The van der Waals surface area contributed by atoms with E-state index in [1.807, 2.05) is 41.3 Å². The van der Waals surface area contributed by atoms with Gasteiger partial charge in [0.25, 0.3) is 0 Å². The van der Waals surface area contributed by atoms with E-state index in [9.17, 15) is 4.79 Å². The summed E-state index contributed by atoms with van der Waals surface area (Å²) >= 11 is 0. The Kier molecular flexibility index (Phi) is 10.9. The molecular weight excluding hydrogens is 401 g/mol. The Hall–Kier alpha value is -1.86. The average Bonchev–Trinajstić information content (AvgIpc) is 2.69. The van der Waals surface area contributed by atoms with Gasteiger partial charge in [0.1, 0.15) is 5.75 Å². The van der Waals surface area contributed by atoms with Gasteiger partial charge in [0.05, 0.1) is 26.2 Å². The molecule has 1 amide bonds. The molecular formula is C20H27Cl2N3O3. The van der Waals surface area contributed by atoms with Crippen molar-refractivity contribution in [2.24, 2.45) is 0 Å². The number of aromatic nitrogens is 1. The minimum absolute atomic E-state index is 0. The van der Waals surface area contributed by atoms with E-state index in [1.54, 1.807) is 19.5 Å². The normalized spacial score (nSPS) is 15.7. The van der Waals surface area contributed by atoms with Crippen molar-refractivity contribution in [3.8, 4) is 5.75 Å².